The van der Waals surface area contributed by atoms with Crippen molar-refractivity contribution in [2.24, 2.45) is 0 Å². The Bertz CT molecular complexity index is 852. The maximum Gasteiger partial charge on any atom is 0.232 e. The first kappa shape index (κ1) is 19.9. The van der Waals surface area contributed by atoms with E-state index in [0.29, 0.717) is 18.7 Å². The van der Waals surface area contributed by atoms with Gasteiger partial charge in [0.1, 0.15) is 0 Å². The van der Waals surface area contributed by atoms with Crippen LogP contribution in [0.5, 0.6) is 0 Å². The average Bonchev–Trinajstić information content (AvgIpc) is 2.59. The van der Waals surface area contributed by atoms with Crippen molar-refractivity contribution in [2.45, 2.75) is 33.2 Å². The third-order valence-corrected chi connectivity index (χ3v) is 5.19. The van der Waals surface area contributed by atoms with E-state index >= 15 is 0 Å². The minimum absolute atomic E-state index is 0.108. The van der Waals surface area contributed by atoms with Crippen LogP contribution in [0, 0.1) is 13.8 Å². The summed E-state index contributed by atoms with van der Waals surface area (Å²) < 4.78 is 25.8. The van der Waals surface area contributed by atoms with E-state index in [1.807, 2.05) is 44.2 Å². The topological polar surface area (TPSA) is 79.4 Å². The molecule has 6 nitrogen and oxygen atoms in total. The number of aryl methyl sites for hydroxylation is 2. The van der Waals surface area contributed by atoms with Crippen LogP contribution in [-0.4, -0.2) is 32.1 Å². The van der Waals surface area contributed by atoms with Crippen LogP contribution in [0.15, 0.2) is 42.7 Å². The second-order valence-electron chi connectivity index (χ2n) is 6.37. The van der Waals surface area contributed by atoms with E-state index in [1.54, 1.807) is 12.4 Å². The van der Waals surface area contributed by atoms with Gasteiger partial charge in [-0.25, -0.2) is 8.42 Å². The zero-order valence-electron chi connectivity index (χ0n) is 15.4. The number of pyridine rings is 1. The summed E-state index contributed by atoms with van der Waals surface area (Å²) in [4.78, 5) is 16.0. The molecule has 0 aliphatic carbocycles. The largest absolute Gasteiger partial charge is 0.352 e. The minimum atomic E-state index is -3.42. The minimum Gasteiger partial charge on any atom is -0.352 e. The second kappa shape index (κ2) is 8.80. The van der Waals surface area contributed by atoms with E-state index in [2.05, 4.69) is 10.3 Å². The summed E-state index contributed by atoms with van der Waals surface area (Å²) in [6, 6.07) is 9.42. The van der Waals surface area contributed by atoms with Crippen LogP contribution >= 0.6 is 0 Å². The lowest BCUT2D eigenvalue weighted by molar-refractivity contribution is -0.121. The Balaban J connectivity index is 1.94. The third-order valence-electron chi connectivity index (χ3n) is 4.01. The molecular weight excluding hydrogens is 350 g/mol. The van der Waals surface area contributed by atoms with Gasteiger partial charge in [-0.2, -0.15) is 0 Å². The van der Waals surface area contributed by atoms with Crippen molar-refractivity contribution in [3.8, 4) is 0 Å². The molecule has 1 amide bonds. The van der Waals surface area contributed by atoms with Crippen molar-refractivity contribution in [1.29, 1.82) is 0 Å². The Labute approximate surface area is 155 Å². The van der Waals surface area contributed by atoms with E-state index in [0.717, 1.165) is 16.7 Å². The van der Waals surface area contributed by atoms with Gasteiger partial charge in [0, 0.05) is 31.9 Å². The SMILES string of the molecule is Cc1ccc(C)c(N(CCCC(=O)NCc2cccnc2)S(C)(=O)=O)c1. The number of carbonyl (C=O) groups excluding carboxylic acids is 1. The standard InChI is InChI=1S/C19H25N3O3S/c1-15-8-9-16(2)18(12-15)22(26(3,24)25)11-5-7-19(23)21-14-17-6-4-10-20-13-17/h4,6,8-10,12-13H,5,7,11,14H2,1-3H3,(H,21,23). The number of nitrogens with one attached hydrogen (secondary N) is 1. The quantitative estimate of drug-likeness (QED) is 0.769. The normalized spacial score (nSPS) is 11.2. The molecule has 26 heavy (non-hydrogen) atoms. The smallest absolute Gasteiger partial charge is 0.232 e. The lowest BCUT2D eigenvalue weighted by Gasteiger charge is -2.24. The molecule has 0 atom stereocenters. The van der Waals surface area contributed by atoms with Gasteiger partial charge < -0.3 is 5.32 Å². The Morgan fingerprint density at radius 3 is 2.65 bits per heavy atom. The molecule has 0 unspecified atom stereocenters. The molecule has 1 aromatic heterocycles. The molecule has 0 bridgehead atoms. The highest BCUT2D eigenvalue weighted by Gasteiger charge is 2.19. The van der Waals surface area contributed by atoms with Gasteiger partial charge in [-0.1, -0.05) is 18.2 Å². The van der Waals surface area contributed by atoms with Crippen molar-refractivity contribution in [2.75, 3.05) is 17.1 Å². The van der Waals surface area contributed by atoms with Crippen LogP contribution in [-0.2, 0) is 21.4 Å². The Morgan fingerprint density at radius 1 is 1.23 bits per heavy atom. The fraction of sp³-hybridized carbons (Fsp3) is 0.368. The number of rotatable bonds is 8. The Morgan fingerprint density at radius 2 is 2.00 bits per heavy atom. The molecule has 2 aromatic rings. The van der Waals surface area contributed by atoms with Crippen LogP contribution in [0.2, 0.25) is 0 Å². The second-order valence-corrected chi connectivity index (χ2v) is 8.27. The first-order chi connectivity index (χ1) is 12.3. The molecule has 0 fully saturated rings. The van der Waals surface area contributed by atoms with Crippen LogP contribution in [0.25, 0.3) is 0 Å². The van der Waals surface area contributed by atoms with E-state index in [4.69, 9.17) is 0 Å². The van der Waals surface area contributed by atoms with Crippen molar-refractivity contribution in [3.05, 3.63) is 59.4 Å². The number of hydrogen-bond donors (Lipinski definition) is 1. The van der Waals surface area contributed by atoms with Crippen molar-refractivity contribution < 1.29 is 13.2 Å². The summed E-state index contributed by atoms with van der Waals surface area (Å²) in [5.74, 6) is -0.108. The van der Waals surface area contributed by atoms with Gasteiger partial charge in [0.25, 0.3) is 0 Å². The Hall–Kier alpha value is -2.41. The summed E-state index contributed by atoms with van der Waals surface area (Å²) >= 11 is 0. The predicted molar refractivity (Wildman–Crippen MR) is 103 cm³/mol. The highest BCUT2D eigenvalue weighted by Crippen LogP contribution is 2.24. The van der Waals surface area contributed by atoms with Gasteiger partial charge in [0.2, 0.25) is 15.9 Å². The van der Waals surface area contributed by atoms with Gasteiger partial charge in [0.15, 0.2) is 0 Å². The number of carbonyl (C=O) groups is 1. The van der Waals surface area contributed by atoms with E-state index in [1.165, 1.54) is 10.6 Å². The zero-order chi connectivity index (χ0) is 19.2. The van der Waals surface area contributed by atoms with E-state index in [-0.39, 0.29) is 18.9 Å². The monoisotopic (exact) mass is 375 g/mol. The summed E-state index contributed by atoms with van der Waals surface area (Å²) in [7, 11) is -3.42. The Kier molecular flexibility index (Phi) is 6.74. The lowest BCUT2D eigenvalue weighted by Crippen LogP contribution is -2.32. The zero-order valence-corrected chi connectivity index (χ0v) is 16.2. The van der Waals surface area contributed by atoms with Crippen LogP contribution in [0.1, 0.15) is 29.5 Å². The molecule has 140 valence electrons. The summed E-state index contributed by atoms with van der Waals surface area (Å²) in [6.45, 7) is 4.49. The highest BCUT2D eigenvalue weighted by atomic mass is 32.2. The van der Waals surface area contributed by atoms with Crippen LogP contribution in [0.3, 0.4) is 0 Å². The number of sulfonamides is 1. The first-order valence-electron chi connectivity index (χ1n) is 8.48. The maximum atomic E-state index is 12.2. The first-order valence-corrected chi connectivity index (χ1v) is 10.3. The number of anilines is 1. The van der Waals surface area contributed by atoms with E-state index in [9.17, 15) is 13.2 Å². The summed E-state index contributed by atoms with van der Waals surface area (Å²) in [5, 5.41) is 2.82. The fourth-order valence-corrected chi connectivity index (χ4v) is 3.64. The lowest BCUT2D eigenvalue weighted by atomic mass is 10.1. The highest BCUT2D eigenvalue weighted by molar-refractivity contribution is 7.92. The molecule has 0 spiro atoms. The van der Waals surface area contributed by atoms with Crippen molar-refractivity contribution in [3.63, 3.8) is 0 Å². The predicted octanol–water partition coefficient (Wildman–Crippen LogP) is 2.56. The van der Waals surface area contributed by atoms with Crippen molar-refractivity contribution >= 4 is 21.6 Å². The molecule has 1 heterocycles. The number of amides is 1. The van der Waals surface area contributed by atoms with Gasteiger partial charge in [-0.05, 0) is 49.1 Å². The average molecular weight is 375 g/mol. The fourth-order valence-electron chi connectivity index (χ4n) is 2.63. The summed E-state index contributed by atoms with van der Waals surface area (Å²) in [6.07, 6.45) is 5.28. The number of aromatic nitrogens is 1. The van der Waals surface area contributed by atoms with E-state index < -0.39 is 10.0 Å². The number of nitrogens with zero attached hydrogens (tertiary/aromatic N) is 2. The molecular formula is C19H25N3O3S. The molecule has 0 radical (unpaired) electrons. The molecule has 1 aromatic carbocycles. The van der Waals surface area contributed by atoms with Crippen LogP contribution in [0.4, 0.5) is 5.69 Å². The van der Waals surface area contributed by atoms with Crippen LogP contribution < -0.4 is 9.62 Å². The molecule has 7 heteroatoms. The molecule has 0 aliphatic heterocycles. The molecule has 2 rings (SSSR count). The maximum absolute atomic E-state index is 12.2. The van der Waals surface area contributed by atoms with Gasteiger partial charge in [-0.3, -0.25) is 14.1 Å². The molecule has 0 aliphatic rings. The number of hydrogen-bond acceptors (Lipinski definition) is 4. The van der Waals surface area contributed by atoms with Gasteiger partial charge in [-0.15, -0.1) is 0 Å². The molecule has 1 N–H and O–H groups in total. The van der Waals surface area contributed by atoms with Gasteiger partial charge >= 0.3 is 0 Å². The summed E-state index contributed by atoms with van der Waals surface area (Å²) in [5.41, 5.74) is 3.48. The molecule has 0 saturated heterocycles. The van der Waals surface area contributed by atoms with Crippen molar-refractivity contribution in [1.82, 2.24) is 10.3 Å². The third kappa shape index (κ3) is 5.84. The molecule has 0 saturated carbocycles. The number of benzene rings is 1. The van der Waals surface area contributed by atoms with Gasteiger partial charge in [0.05, 0.1) is 11.9 Å².